The lowest BCUT2D eigenvalue weighted by Crippen LogP contribution is -2.26. The lowest BCUT2D eigenvalue weighted by molar-refractivity contribution is 0.0999. The Bertz CT molecular complexity index is 816. The highest BCUT2D eigenvalue weighted by atomic mass is 127. The lowest BCUT2D eigenvalue weighted by Gasteiger charge is -2.24. The third kappa shape index (κ3) is 3.45. The third-order valence-electron chi connectivity index (χ3n) is 3.64. The quantitative estimate of drug-likeness (QED) is 0.514. The zero-order chi connectivity index (χ0) is 16.2. The van der Waals surface area contributed by atoms with Crippen molar-refractivity contribution in [2.45, 2.75) is 6.92 Å². The fraction of sp³-hybridized carbons (Fsp3) is 0.0500. The molecule has 23 heavy (non-hydrogen) atoms. The Kier molecular flexibility index (Phi) is 4.76. The van der Waals surface area contributed by atoms with Gasteiger partial charge in [0, 0.05) is 20.5 Å². The number of hydrogen-bond acceptors (Lipinski definition) is 1. The summed E-state index contributed by atoms with van der Waals surface area (Å²) in [5.41, 5.74) is 3.57. The first-order valence-electron chi connectivity index (χ1n) is 7.37. The summed E-state index contributed by atoms with van der Waals surface area (Å²) >= 11 is 2.30. The van der Waals surface area contributed by atoms with Crippen molar-refractivity contribution in [3.63, 3.8) is 0 Å². The maximum absolute atomic E-state index is 13.1. The van der Waals surface area contributed by atoms with Crippen molar-refractivity contribution in [2.75, 3.05) is 4.90 Å². The molecule has 0 N–H and O–H groups in total. The van der Waals surface area contributed by atoms with Crippen LogP contribution in [-0.4, -0.2) is 5.91 Å². The average Bonchev–Trinajstić information content (AvgIpc) is 2.60. The van der Waals surface area contributed by atoms with Gasteiger partial charge >= 0.3 is 0 Å². The molecular formula is C20H16INO. The van der Waals surface area contributed by atoms with Crippen molar-refractivity contribution < 1.29 is 4.79 Å². The van der Waals surface area contributed by atoms with Gasteiger partial charge in [-0.15, -0.1) is 0 Å². The fourth-order valence-corrected chi connectivity index (χ4v) is 2.77. The van der Waals surface area contributed by atoms with E-state index in [9.17, 15) is 4.79 Å². The van der Waals surface area contributed by atoms with E-state index in [0.717, 1.165) is 16.9 Å². The Hall–Kier alpha value is -2.14. The largest absolute Gasteiger partial charge is 0.277 e. The molecule has 0 saturated carbocycles. The molecule has 0 saturated heterocycles. The van der Waals surface area contributed by atoms with Crippen LogP contribution in [0.15, 0.2) is 78.9 Å². The second-order valence-electron chi connectivity index (χ2n) is 5.28. The summed E-state index contributed by atoms with van der Waals surface area (Å²) < 4.78 is 1.19. The molecule has 0 bridgehead atoms. The topological polar surface area (TPSA) is 20.3 Å². The van der Waals surface area contributed by atoms with Gasteiger partial charge in [-0.05, 0) is 77.5 Å². The third-order valence-corrected chi connectivity index (χ3v) is 4.85. The van der Waals surface area contributed by atoms with Crippen molar-refractivity contribution in [1.29, 1.82) is 0 Å². The normalized spacial score (nSPS) is 10.3. The number of para-hydroxylation sites is 1. The van der Waals surface area contributed by atoms with Crippen LogP contribution in [0.25, 0.3) is 0 Å². The molecule has 0 atom stereocenters. The predicted molar refractivity (Wildman–Crippen MR) is 103 cm³/mol. The van der Waals surface area contributed by atoms with Gasteiger partial charge < -0.3 is 0 Å². The molecular weight excluding hydrogens is 397 g/mol. The predicted octanol–water partition coefficient (Wildman–Crippen LogP) is 5.58. The minimum Gasteiger partial charge on any atom is -0.277 e. The average molecular weight is 413 g/mol. The SMILES string of the molecule is Cc1cc(N(C(=O)c2ccccc2)c2ccccc2)ccc1I. The Morgan fingerprint density at radius 1 is 0.826 bits per heavy atom. The van der Waals surface area contributed by atoms with Crippen LogP contribution < -0.4 is 4.90 Å². The number of benzene rings is 3. The number of carbonyl (C=O) groups is 1. The lowest BCUT2D eigenvalue weighted by atomic mass is 10.1. The summed E-state index contributed by atoms with van der Waals surface area (Å²) in [7, 11) is 0. The number of nitrogens with zero attached hydrogens (tertiary/aromatic N) is 1. The van der Waals surface area contributed by atoms with Crippen LogP contribution in [0.4, 0.5) is 11.4 Å². The van der Waals surface area contributed by atoms with Crippen molar-refractivity contribution in [1.82, 2.24) is 0 Å². The Labute approximate surface area is 149 Å². The summed E-state index contributed by atoms with van der Waals surface area (Å²) in [6, 6.07) is 25.2. The number of aryl methyl sites for hydroxylation is 1. The molecule has 3 heteroatoms. The molecule has 0 unspecified atom stereocenters. The van der Waals surface area contributed by atoms with Gasteiger partial charge in [0.25, 0.3) is 5.91 Å². The van der Waals surface area contributed by atoms with Crippen molar-refractivity contribution in [2.24, 2.45) is 0 Å². The first-order valence-corrected chi connectivity index (χ1v) is 8.45. The first-order chi connectivity index (χ1) is 11.2. The molecule has 3 aromatic carbocycles. The van der Waals surface area contributed by atoms with Gasteiger partial charge in [0.1, 0.15) is 0 Å². The molecule has 1 amide bonds. The van der Waals surface area contributed by atoms with E-state index in [-0.39, 0.29) is 5.91 Å². The molecule has 114 valence electrons. The highest BCUT2D eigenvalue weighted by Crippen LogP contribution is 2.29. The minimum atomic E-state index is -0.0302. The van der Waals surface area contributed by atoms with E-state index >= 15 is 0 Å². The van der Waals surface area contributed by atoms with Gasteiger partial charge in [-0.25, -0.2) is 0 Å². The fourth-order valence-electron chi connectivity index (χ4n) is 2.44. The van der Waals surface area contributed by atoms with Crippen LogP contribution in [0.5, 0.6) is 0 Å². The molecule has 2 nitrogen and oxygen atoms in total. The van der Waals surface area contributed by atoms with Gasteiger partial charge in [0.05, 0.1) is 0 Å². The molecule has 0 aliphatic heterocycles. The van der Waals surface area contributed by atoms with Crippen LogP contribution in [0.3, 0.4) is 0 Å². The van der Waals surface area contributed by atoms with Gasteiger partial charge in [-0.3, -0.25) is 9.69 Å². The summed E-state index contributed by atoms with van der Waals surface area (Å²) in [5.74, 6) is -0.0302. The van der Waals surface area contributed by atoms with Crippen LogP contribution in [0, 0.1) is 10.5 Å². The minimum absolute atomic E-state index is 0.0302. The molecule has 0 radical (unpaired) electrons. The smallest absolute Gasteiger partial charge is 0.262 e. The van der Waals surface area contributed by atoms with Crippen LogP contribution in [0.2, 0.25) is 0 Å². The van der Waals surface area contributed by atoms with Crippen LogP contribution >= 0.6 is 22.6 Å². The monoisotopic (exact) mass is 413 g/mol. The molecule has 0 aliphatic rings. The standard InChI is InChI=1S/C20H16INO/c1-15-14-18(12-13-19(15)21)22(17-10-6-3-7-11-17)20(23)16-8-4-2-5-9-16/h2-14H,1H3. The van der Waals surface area contributed by atoms with Gasteiger partial charge in [0.15, 0.2) is 0 Å². The number of carbonyl (C=O) groups excluding carboxylic acids is 1. The summed E-state index contributed by atoms with van der Waals surface area (Å²) in [5, 5.41) is 0. The number of halogens is 1. The first kappa shape index (κ1) is 15.7. The van der Waals surface area contributed by atoms with Gasteiger partial charge in [-0.1, -0.05) is 36.4 Å². The molecule has 3 aromatic rings. The summed E-state index contributed by atoms with van der Waals surface area (Å²) in [4.78, 5) is 14.8. The van der Waals surface area contributed by atoms with Gasteiger partial charge in [0.2, 0.25) is 0 Å². The van der Waals surface area contributed by atoms with Crippen LogP contribution in [0.1, 0.15) is 15.9 Å². The van der Waals surface area contributed by atoms with Crippen molar-refractivity contribution >= 4 is 39.9 Å². The maximum Gasteiger partial charge on any atom is 0.262 e. The summed E-state index contributed by atoms with van der Waals surface area (Å²) in [6.45, 7) is 2.06. The maximum atomic E-state index is 13.1. The zero-order valence-corrected chi connectivity index (χ0v) is 14.9. The van der Waals surface area contributed by atoms with E-state index in [1.807, 2.05) is 72.8 Å². The van der Waals surface area contributed by atoms with E-state index in [0.29, 0.717) is 5.56 Å². The Morgan fingerprint density at radius 2 is 1.43 bits per heavy atom. The van der Waals surface area contributed by atoms with E-state index in [4.69, 9.17) is 0 Å². The number of rotatable bonds is 3. The highest BCUT2D eigenvalue weighted by Gasteiger charge is 2.19. The van der Waals surface area contributed by atoms with Gasteiger partial charge in [-0.2, -0.15) is 0 Å². The molecule has 0 aliphatic carbocycles. The Morgan fingerprint density at radius 3 is 2.04 bits per heavy atom. The molecule has 0 fully saturated rings. The molecule has 0 heterocycles. The van der Waals surface area contributed by atoms with E-state index in [2.05, 4.69) is 35.6 Å². The second kappa shape index (κ2) is 6.96. The molecule has 3 rings (SSSR count). The molecule has 0 spiro atoms. The van der Waals surface area contributed by atoms with Crippen molar-refractivity contribution in [3.05, 3.63) is 93.6 Å². The second-order valence-corrected chi connectivity index (χ2v) is 6.44. The van der Waals surface area contributed by atoms with E-state index in [1.165, 1.54) is 3.57 Å². The Balaban J connectivity index is 2.11. The number of hydrogen-bond donors (Lipinski definition) is 0. The highest BCUT2D eigenvalue weighted by molar-refractivity contribution is 14.1. The number of anilines is 2. The van der Waals surface area contributed by atoms with Crippen LogP contribution in [-0.2, 0) is 0 Å². The zero-order valence-electron chi connectivity index (χ0n) is 12.7. The molecule has 0 aromatic heterocycles. The number of amides is 1. The summed E-state index contributed by atoms with van der Waals surface area (Å²) in [6.07, 6.45) is 0. The van der Waals surface area contributed by atoms with E-state index < -0.39 is 0 Å². The van der Waals surface area contributed by atoms with Crippen molar-refractivity contribution in [3.8, 4) is 0 Å². The van der Waals surface area contributed by atoms with E-state index in [1.54, 1.807) is 4.90 Å².